The molecule has 0 aliphatic rings. The summed E-state index contributed by atoms with van der Waals surface area (Å²) in [6, 6.07) is 6.45. The van der Waals surface area contributed by atoms with Gasteiger partial charge in [-0.3, -0.25) is 4.79 Å². The van der Waals surface area contributed by atoms with Crippen molar-refractivity contribution >= 4 is 22.5 Å². The molecule has 0 aliphatic heterocycles. The molecule has 0 bridgehead atoms. The zero-order chi connectivity index (χ0) is 14.2. The van der Waals surface area contributed by atoms with Gasteiger partial charge in [0.05, 0.1) is 0 Å². The van der Waals surface area contributed by atoms with Crippen LogP contribution in [0.5, 0.6) is 0 Å². The minimum absolute atomic E-state index is 0.104. The van der Waals surface area contributed by atoms with E-state index >= 15 is 0 Å². The number of rotatable bonds is 2. The van der Waals surface area contributed by atoms with Gasteiger partial charge in [-0.05, 0) is 24.3 Å². The van der Waals surface area contributed by atoms with Crippen LogP contribution in [-0.2, 0) is 0 Å². The SMILES string of the molecule is CN(CC(F)(F)F)C(=O)c1cc2cc(N)ccc2[nH]1. The number of alkyl halides is 3. The smallest absolute Gasteiger partial charge is 0.399 e. The van der Waals surface area contributed by atoms with Gasteiger partial charge < -0.3 is 15.6 Å². The van der Waals surface area contributed by atoms with Gasteiger partial charge >= 0.3 is 6.18 Å². The number of nitrogens with zero attached hydrogens (tertiary/aromatic N) is 1. The molecule has 4 nitrogen and oxygen atoms in total. The van der Waals surface area contributed by atoms with E-state index in [0.29, 0.717) is 21.5 Å². The van der Waals surface area contributed by atoms with Crippen LogP contribution in [0.15, 0.2) is 24.3 Å². The molecular formula is C12H12F3N3O. The summed E-state index contributed by atoms with van der Waals surface area (Å²) in [7, 11) is 1.11. The highest BCUT2D eigenvalue weighted by molar-refractivity contribution is 5.98. The van der Waals surface area contributed by atoms with Crippen molar-refractivity contribution in [3.8, 4) is 0 Å². The lowest BCUT2D eigenvalue weighted by Crippen LogP contribution is -2.35. The molecule has 0 fully saturated rings. The summed E-state index contributed by atoms with van der Waals surface area (Å²) in [6.45, 7) is -1.29. The molecule has 1 amide bonds. The van der Waals surface area contributed by atoms with Gasteiger partial charge in [0.15, 0.2) is 0 Å². The van der Waals surface area contributed by atoms with E-state index in [4.69, 9.17) is 5.73 Å². The van der Waals surface area contributed by atoms with Crippen LogP contribution in [-0.4, -0.2) is 35.6 Å². The van der Waals surface area contributed by atoms with Crippen LogP contribution in [0.2, 0.25) is 0 Å². The average Bonchev–Trinajstić information content (AvgIpc) is 2.68. The van der Waals surface area contributed by atoms with Crippen LogP contribution >= 0.6 is 0 Å². The topological polar surface area (TPSA) is 62.1 Å². The Balaban J connectivity index is 2.26. The van der Waals surface area contributed by atoms with E-state index < -0.39 is 18.6 Å². The van der Waals surface area contributed by atoms with Crippen LogP contribution < -0.4 is 5.73 Å². The molecule has 2 aromatic rings. The first-order chi connectivity index (χ1) is 8.76. The highest BCUT2D eigenvalue weighted by Gasteiger charge is 2.31. The molecule has 0 unspecified atom stereocenters. The van der Waals surface area contributed by atoms with Crippen LogP contribution in [0.4, 0.5) is 18.9 Å². The Labute approximate surface area is 107 Å². The lowest BCUT2D eigenvalue weighted by Gasteiger charge is -2.17. The average molecular weight is 271 g/mol. The quantitative estimate of drug-likeness (QED) is 0.824. The van der Waals surface area contributed by atoms with Crippen molar-refractivity contribution in [1.29, 1.82) is 0 Å². The van der Waals surface area contributed by atoms with Gasteiger partial charge in [-0.25, -0.2) is 0 Å². The molecule has 0 saturated heterocycles. The summed E-state index contributed by atoms with van der Waals surface area (Å²) in [5.74, 6) is -0.716. The van der Waals surface area contributed by atoms with Crippen molar-refractivity contribution in [1.82, 2.24) is 9.88 Å². The Hall–Kier alpha value is -2.18. The third-order valence-corrected chi connectivity index (χ3v) is 2.64. The summed E-state index contributed by atoms with van der Waals surface area (Å²) in [6.07, 6.45) is -4.42. The van der Waals surface area contributed by atoms with E-state index in [1.807, 2.05) is 0 Å². The predicted molar refractivity (Wildman–Crippen MR) is 65.7 cm³/mol. The monoisotopic (exact) mass is 271 g/mol. The van der Waals surface area contributed by atoms with Crippen LogP contribution in [0.25, 0.3) is 10.9 Å². The second kappa shape index (κ2) is 4.49. The second-order valence-electron chi connectivity index (χ2n) is 4.31. The molecule has 2 rings (SSSR count). The number of fused-ring (bicyclic) bond motifs is 1. The number of benzene rings is 1. The molecule has 102 valence electrons. The zero-order valence-corrected chi connectivity index (χ0v) is 10.1. The fourth-order valence-electron chi connectivity index (χ4n) is 1.81. The molecule has 1 aromatic carbocycles. The van der Waals surface area contributed by atoms with Gasteiger partial charge in [0.25, 0.3) is 5.91 Å². The summed E-state index contributed by atoms with van der Waals surface area (Å²) in [5, 5.41) is 0.684. The lowest BCUT2D eigenvalue weighted by molar-refractivity contribution is -0.138. The molecule has 0 aliphatic carbocycles. The van der Waals surface area contributed by atoms with E-state index in [0.717, 1.165) is 7.05 Å². The van der Waals surface area contributed by atoms with Crippen molar-refractivity contribution in [3.63, 3.8) is 0 Å². The van der Waals surface area contributed by atoms with Gasteiger partial charge in [0.1, 0.15) is 12.2 Å². The van der Waals surface area contributed by atoms with Crippen molar-refractivity contribution < 1.29 is 18.0 Å². The number of nitrogens with two attached hydrogens (primary N) is 1. The minimum Gasteiger partial charge on any atom is -0.399 e. The van der Waals surface area contributed by atoms with E-state index in [1.165, 1.54) is 6.07 Å². The Morgan fingerprint density at radius 2 is 2.05 bits per heavy atom. The van der Waals surface area contributed by atoms with E-state index in [9.17, 15) is 18.0 Å². The number of H-pyrrole nitrogens is 1. The molecule has 1 heterocycles. The van der Waals surface area contributed by atoms with E-state index in [-0.39, 0.29) is 5.69 Å². The van der Waals surface area contributed by atoms with Crippen molar-refractivity contribution in [2.75, 3.05) is 19.3 Å². The highest BCUT2D eigenvalue weighted by atomic mass is 19.4. The first kappa shape index (κ1) is 13.3. The number of aromatic amines is 1. The molecule has 19 heavy (non-hydrogen) atoms. The molecule has 7 heteroatoms. The summed E-state index contributed by atoms with van der Waals surface area (Å²) in [4.78, 5) is 15.2. The van der Waals surface area contributed by atoms with Crippen molar-refractivity contribution in [3.05, 3.63) is 30.0 Å². The minimum atomic E-state index is -4.42. The maximum absolute atomic E-state index is 12.2. The number of hydrogen-bond acceptors (Lipinski definition) is 2. The molecule has 3 N–H and O–H groups in total. The molecule has 1 aromatic heterocycles. The Morgan fingerprint density at radius 3 is 2.68 bits per heavy atom. The Morgan fingerprint density at radius 1 is 1.37 bits per heavy atom. The largest absolute Gasteiger partial charge is 0.406 e. The number of halogens is 3. The number of aromatic nitrogens is 1. The normalized spacial score (nSPS) is 11.8. The number of anilines is 1. The first-order valence-corrected chi connectivity index (χ1v) is 5.47. The number of carbonyl (C=O) groups excluding carboxylic acids is 1. The molecule has 0 radical (unpaired) electrons. The van der Waals surface area contributed by atoms with Crippen LogP contribution in [0.1, 0.15) is 10.5 Å². The molecule has 0 saturated carbocycles. The van der Waals surface area contributed by atoms with Gasteiger partial charge in [-0.1, -0.05) is 0 Å². The summed E-state index contributed by atoms with van der Waals surface area (Å²) in [5.41, 5.74) is 6.87. The van der Waals surface area contributed by atoms with Crippen molar-refractivity contribution in [2.45, 2.75) is 6.18 Å². The molecule has 0 atom stereocenters. The number of nitrogen functional groups attached to an aromatic ring is 1. The summed E-state index contributed by atoms with van der Waals surface area (Å²) < 4.78 is 36.7. The van der Waals surface area contributed by atoms with Gasteiger partial charge in [0, 0.05) is 23.6 Å². The Bertz CT molecular complexity index is 618. The molecular weight excluding hydrogens is 259 g/mol. The van der Waals surface area contributed by atoms with Gasteiger partial charge in [0.2, 0.25) is 0 Å². The first-order valence-electron chi connectivity index (χ1n) is 5.47. The third-order valence-electron chi connectivity index (χ3n) is 2.64. The fourth-order valence-corrected chi connectivity index (χ4v) is 1.81. The summed E-state index contributed by atoms with van der Waals surface area (Å²) >= 11 is 0. The Kier molecular flexibility index (Phi) is 3.13. The lowest BCUT2D eigenvalue weighted by atomic mass is 10.2. The second-order valence-corrected chi connectivity index (χ2v) is 4.31. The zero-order valence-electron chi connectivity index (χ0n) is 10.1. The number of hydrogen-bond donors (Lipinski definition) is 2. The van der Waals surface area contributed by atoms with E-state index in [1.54, 1.807) is 18.2 Å². The van der Waals surface area contributed by atoms with Crippen molar-refractivity contribution in [2.24, 2.45) is 0 Å². The van der Waals surface area contributed by atoms with Crippen LogP contribution in [0.3, 0.4) is 0 Å². The van der Waals surface area contributed by atoms with Gasteiger partial charge in [-0.2, -0.15) is 13.2 Å². The molecule has 0 spiro atoms. The maximum atomic E-state index is 12.2. The third kappa shape index (κ3) is 2.98. The highest BCUT2D eigenvalue weighted by Crippen LogP contribution is 2.21. The number of amides is 1. The number of nitrogens with one attached hydrogen (secondary N) is 1. The predicted octanol–water partition coefficient (Wildman–Crippen LogP) is 2.38. The standard InChI is InChI=1S/C12H12F3N3O/c1-18(6-12(13,14)15)11(19)10-5-7-4-8(16)2-3-9(7)17-10/h2-5,17H,6,16H2,1H3. The maximum Gasteiger partial charge on any atom is 0.406 e. The van der Waals surface area contributed by atoms with E-state index in [2.05, 4.69) is 4.98 Å². The van der Waals surface area contributed by atoms with Gasteiger partial charge in [-0.15, -0.1) is 0 Å². The fraction of sp³-hybridized carbons (Fsp3) is 0.250. The van der Waals surface area contributed by atoms with Crippen LogP contribution in [0, 0.1) is 0 Å². The number of carbonyl (C=O) groups is 1.